The third-order valence-corrected chi connectivity index (χ3v) is 1.14. The summed E-state index contributed by atoms with van der Waals surface area (Å²) in [6, 6.07) is 0. The fourth-order valence-electron chi connectivity index (χ4n) is 0.579. The highest BCUT2D eigenvalue weighted by molar-refractivity contribution is 5.89. The molecule has 0 fully saturated rings. The Morgan fingerprint density at radius 3 is 2.67 bits per heavy atom. The summed E-state index contributed by atoms with van der Waals surface area (Å²) in [5.74, 6) is -1.39. The third-order valence-electron chi connectivity index (χ3n) is 1.14. The molecule has 0 saturated heterocycles. The molecule has 4 heteroatoms. The van der Waals surface area contributed by atoms with Crippen LogP contribution in [0.5, 0.6) is 0 Å². The summed E-state index contributed by atoms with van der Waals surface area (Å²) in [4.78, 5) is 20.8. The van der Waals surface area contributed by atoms with Gasteiger partial charge in [-0.05, 0) is 12.5 Å². The fourth-order valence-corrected chi connectivity index (χ4v) is 0.579. The van der Waals surface area contributed by atoms with E-state index in [9.17, 15) is 9.59 Å². The minimum Gasteiger partial charge on any atom is -0.480 e. The lowest BCUT2D eigenvalue weighted by Crippen LogP contribution is -2.27. The molecule has 0 spiro atoms. The normalized spacial score (nSPS) is 10.1. The van der Waals surface area contributed by atoms with E-state index in [-0.39, 0.29) is 12.5 Å². The van der Waals surface area contributed by atoms with Gasteiger partial charge in [0.2, 0.25) is 5.91 Å². The maximum absolute atomic E-state index is 10.8. The van der Waals surface area contributed by atoms with Crippen LogP contribution in [0.1, 0.15) is 19.8 Å². The highest BCUT2D eigenvalue weighted by Crippen LogP contribution is 1.87. The number of rotatable bonds is 5. The largest absolute Gasteiger partial charge is 0.480 e. The molecule has 0 radical (unpaired) electrons. The summed E-state index contributed by atoms with van der Waals surface area (Å²) in [6.07, 6.45) is 4.88. The number of hydrogen-bond acceptors (Lipinski definition) is 2. The van der Waals surface area contributed by atoms with Gasteiger partial charge in [0.25, 0.3) is 0 Å². The molecule has 0 rings (SSSR count). The first kappa shape index (κ1) is 10.7. The average molecular weight is 171 g/mol. The number of carbonyl (C=O) groups excluding carboxylic acids is 1. The zero-order valence-corrected chi connectivity index (χ0v) is 7.04. The summed E-state index contributed by atoms with van der Waals surface area (Å²) >= 11 is 0. The van der Waals surface area contributed by atoms with E-state index in [1.807, 2.05) is 6.92 Å². The van der Waals surface area contributed by atoms with Gasteiger partial charge in [0.1, 0.15) is 6.54 Å². The minimum absolute atomic E-state index is 0.324. The van der Waals surface area contributed by atoms with Crippen molar-refractivity contribution >= 4 is 11.9 Å². The summed E-state index contributed by atoms with van der Waals surface area (Å²) in [7, 11) is 0. The van der Waals surface area contributed by atoms with Gasteiger partial charge in [0, 0.05) is 0 Å². The number of unbranched alkanes of at least 4 members (excludes halogenated alkanes) is 1. The molecule has 0 aromatic rings. The Hall–Kier alpha value is -1.32. The maximum atomic E-state index is 10.8. The molecule has 0 atom stereocenters. The van der Waals surface area contributed by atoms with Gasteiger partial charge in [-0.1, -0.05) is 19.4 Å². The smallest absolute Gasteiger partial charge is 0.322 e. The number of nitrogens with one attached hydrogen (secondary N) is 1. The topological polar surface area (TPSA) is 66.4 Å². The Morgan fingerprint density at radius 2 is 2.17 bits per heavy atom. The number of aliphatic carboxylic acids is 1. The van der Waals surface area contributed by atoms with Gasteiger partial charge in [-0.3, -0.25) is 9.59 Å². The molecule has 0 saturated carbocycles. The van der Waals surface area contributed by atoms with E-state index in [1.54, 1.807) is 6.08 Å². The molecule has 0 unspecified atom stereocenters. The number of hydrogen-bond donors (Lipinski definition) is 2. The monoisotopic (exact) mass is 171 g/mol. The summed E-state index contributed by atoms with van der Waals surface area (Å²) < 4.78 is 0. The second-order valence-corrected chi connectivity index (χ2v) is 2.30. The van der Waals surface area contributed by atoms with Crippen molar-refractivity contribution in [3.05, 3.63) is 12.2 Å². The molecule has 0 heterocycles. The zero-order chi connectivity index (χ0) is 9.40. The van der Waals surface area contributed by atoms with Gasteiger partial charge >= 0.3 is 5.97 Å². The van der Waals surface area contributed by atoms with Crippen LogP contribution in [0.25, 0.3) is 0 Å². The van der Waals surface area contributed by atoms with E-state index in [2.05, 4.69) is 5.32 Å². The van der Waals surface area contributed by atoms with Gasteiger partial charge in [-0.2, -0.15) is 0 Å². The number of carboxylic acid groups (broad SMARTS) is 1. The quantitative estimate of drug-likeness (QED) is 0.593. The Bertz CT molecular complexity index is 187. The molecule has 0 aromatic carbocycles. The molecule has 68 valence electrons. The van der Waals surface area contributed by atoms with E-state index in [1.165, 1.54) is 6.08 Å². The number of amides is 1. The molecule has 0 aliphatic carbocycles. The van der Waals surface area contributed by atoms with Gasteiger partial charge in [-0.25, -0.2) is 0 Å². The fraction of sp³-hybridized carbons (Fsp3) is 0.500. The van der Waals surface area contributed by atoms with Crippen molar-refractivity contribution in [1.29, 1.82) is 0 Å². The van der Waals surface area contributed by atoms with Crippen molar-refractivity contribution in [2.45, 2.75) is 19.8 Å². The molecule has 4 nitrogen and oxygen atoms in total. The Balaban J connectivity index is 3.52. The van der Waals surface area contributed by atoms with Crippen LogP contribution in [0.15, 0.2) is 12.2 Å². The van der Waals surface area contributed by atoms with Crippen LogP contribution < -0.4 is 5.32 Å². The van der Waals surface area contributed by atoms with E-state index in [0.29, 0.717) is 0 Å². The van der Waals surface area contributed by atoms with Crippen LogP contribution in [0.3, 0.4) is 0 Å². The summed E-state index contributed by atoms with van der Waals surface area (Å²) in [5, 5.41) is 10.4. The average Bonchev–Trinajstić information content (AvgIpc) is 2.01. The first-order valence-electron chi connectivity index (χ1n) is 3.83. The Kier molecular flexibility index (Phi) is 5.69. The molecule has 0 bridgehead atoms. The highest BCUT2D eigenvalue weighted by atomic mass is 16.4. The Labute approximate surface area is 71.3 Å². The molecule has 0 aliphatic heterocycles. The maximum Gasteiger partial charge on any atom is 0.322 e. The molecule has 2 N–H and O–H groups in total. The zero-order valence-electron chi connectivity index (χ0n) is 7.04. The van der Waals surface area contributed by atoms with Crippen LogP contribution in [0.2, 0.25) is 0 Å². The third kappa shape index (κ3) is 6.80. The van der Waals surface area contributed by atoms with Crippen molar-refractivity contribution in [3.8, 4) is 0 Å². The molecular formula is C8H13NO3. The second-order valence-electron chi connectivity index (χ2n) is 2.30. The molecule has 0 aliphatic rings. The SMILES string of the molecule is CCC/C=C/C(=O)NCC(=O)O. The summed E-state index contributed by atoms with van der Waals surface area (Å²) in [5.41, 5.74) is 0. The van der Waals surface area contributed by atoms with Crippen molar-refractivity contribution in [2.75, 3.05) is 6.54 Å². The molecular weight excluding hydrogens is 158 g/mol. The first-order chi connectivity index (χ1) is 5.66. The lowest BCUT2D eigenvalue weighted by molar-refractivity contribution is -0.137. The van der Waals surface area contributed by atoms with Crippen LogP contribution in [-0.4, -0.2) is 23.5 Å². The van der Waals surface area contributed by atoms with Crippen LogP contribution >= 0.6 is 0 Å². The van der Waals surface area contributed by atoms with Crippen LogP contribution in [0, 0.1) is 0 Å². The molecule has 12 heavy (non-hydrogen) atoms. The number of carboxylic acids is 1. The minimum atomic E-state index is -1.03. The van der Waals surface area contributed by atoms with E-state index < -0.39 is 5.97 Å². The van der Waals surface area contributed by atoms with Crippen LogP contribution in [-0.2, 0) is 9.59 Å². The van der Waals surface area contributed by atoms with Gasteiger partial charge in [-0.15, -0.1) is 0 Å². The van der Waals surface area contributed by atoms with Crippen molar-refractivity contribution in [3.63, 3.8) is 0 Å². The molecule has 0 aromatic heterocycles. The van der Waals surface area contributed by atoms with Crippen molar-refractivity contribution < 1.29 is 14.7 Å². The predicted molar refractivity (Wildman–Crippen MR) is 44.7 cm³/mol. The second kappa shape index (κ2) is 6.39. The molecule has 1 amide bonds. The van der Waals surface area contributed by atoms with E-state index in [4.69, 9.17) is 5.11 Å². The first-order valence-corrected chi connectivity index (χ1v) is 3.83. The standard InChI is InChI=1S/C8H13NO3/c1-2-3-4-5-7(10)9-6-8(11)12/h4-5H,2-3,6H2,1H3,(H,9,10)(H,11,12)/b5-4+. The van der Waals surface area contributed by atoms with Crippen LogP contribution in [0.4, 0.5) is 0 Å². The van der Waals surface area contributed by atoms with E-state index >= 15 is 0 Å². The lowest BCUT2D eigenvalue weighted by atomic mass is 10.3. The number of carbonyl (C=O) groups is 2. The van der Waals surface area contributed by atoms with Gasteiger partial charge in [0.05, 0.1) is 0 Å². The lowest BCUT2D eigenvalue weighted by Gasteiger charge is -1.95. The number of allylic oxidation sites excluding steroid dienone is 1. The van der Waals surface area contributed by atoms with Gasteiger partial charge in [0.15, 0.2) is 0 Å². The van der Waals surface area contributed by atoms with E-state index in [0.717, 1.165) is 12.8 Å². The predicted octanol–water partition coefficient (Wildman–Crippen LogP) is 0.544. The highest BCUT2D eigenvalue weighted by Gasteiger charge is 1.97. The van der Waals surface area contributed by atoms with Crippen molar-refractivity contribution in [2.24, 2.45) is 0 Å². The van der Waals surface area contributed by atoms with Gasteiger partial charge < -0.3 is 10.4 Å². The Morgan fingerprint density at radius 1 is 1.50 bits per heavy atom. The summed E-state index contributed by atoms with van der Waals surface area (Å²) in [6.45, 7) is 1.68. The van der Waals surface area contributed by atoms with Crippen molar-refractivity contribution in [1.82, 2.24) is 5.32 Å².